The third kappa shape index (κ3) is 5.88. The first-order valence-electron chi connectivity index (χ1n) is 12.3. The number of hydrogen-bond donors (Lipinski definition) is 2. The average molecular weight is 517 g/mol. The summed E-state index contributed by atoms with van der Waals surface area (Å²) < 4.78 is 0. The molecule has 1 amide bonds. The largest absolute Gasteiger partial charge is 0.361 e. The van der Waals surface area contributed by atoms with Crippen molar-refractivity contribution in [1.82, 2.24) is 14.8 Å². The lowest BCUT2D eigenvalue weighted by molar-refractivity contribution is -0.115. The van der Waals surface area contributed by atoms with Crippen LogP contribution in [0.15, 0.2) is 24.3 Å². The van der Waals surface area contributed by atoms with Gasteiger partial charge in [-0.3, -0.25) is 14.6 Å². The van der Waals surface area contributed by atoms with Crippen molar-refractivity contribution in [2.24, 2.45) is 0 Å². The number of halogens is 1. The Morgan fingerprint density at radius 2 is 1.89 bits per heavy atom. The fourth-order valence-corrected chi connectivity index (χ4v) is 6.15. The molecule has 0 bridgehead atoms. The second-order valence-corrected chi connectivity index (χ2v) is 11.5. The van der Waals surface area contributed by atoms with Gasteiger partial charge in [-0.05, 0) is 58.9 Å². The molecule has 9 heteroatoms. The molecule has 2 saturated heterocycles. The number of aryl methyl sites for hydroxylation is 2. The number of piperazine rings is 1. The van der Waals surface area contributed by atoms with E-state index in [1.807, 2.05) is 26.1 Å². The van der Waals surface area contributed by atoms with Gasteiger partial charge < -0.3 is 15.5 Å². The minimum absolute atomic E-state index is 0.00997. The summed E-state index contributed by atoms with van der Waals surface area (Å²) in [5.74, 6) is 1.00. The maximum Gasteiger partial charge on any atom is 0.238 e. The highest BCUT2D eigenvalue weighted by molar-refractivity contribution is 8.01. The molecule has 35 heavy (non-hydrogen) atoms. The van der Waals surface area contributed by atoms with Crippen LogP contribution in [-0.4, -0.2) is 77.3 Å². The average Bonchev–Trinajstić information content (AvgIpc) is 3.19. The second kappa shape index (κ2) is 10.9. The van der Waals surface area contributed by atoms with Crippen LogP contribution in [0.5, 0.6) is 0 Å². The van der Waals surface area contributed by atoms with Crippen molar-refractivity contribution in [3.63, 3.8) is 0 Å². The predicted molar refractivity (Wildman–Crippen MR) is 149 cm³/mol. The Morgan fingerprint density at radius 1 is 1.17 bits per heavy atom. The molecule has 3 heterocycles. The molecule has 2 aliphatic heterocycles. The van der Waals surface area contributed by atoms with Crippen LogP contribution in [0, 0.1) is 20.8 Å². The van der Waals surface area contributed by atoms with E-state index < -0.39 is 0 Å². The van der Waals surface area contributed by atoms with Crippen LogP contribution in [0.2, 0.25) is 5.02 Å². The quantitative estimate of drug-likeness (QED) is 0.583. The van der Waals surface area contributed by atoms with Gasteiger partial charge in [0.1, 0.15) is 11.3 Å². The summed E-state index contributed by atoms with van der Waals surface area (Å²) in [4.78, 5) is 25.0. The summed E-state index contributed by atoms with van der Waals surface area (Å²) in [6, 6.07) is 8.39. The highest BCUT2D eigenvalue weighted by atomic mass is 35.5. The van der Waals surface area contributed by atoms with Gasteiger partial charge >= 0.3 is 0 Å². The first-order chi connectivity index (χ1) is 16.6. The fraction of sp³-hybridized carbons (Fsp3) is 0.538. The van der Waals surface area contributed by atoms with E-state index in [1.165, 1.54) is 0 Å². The number of amides is 1. The fourth-order valence-electron chi connectivity index (χ4n) is 4.58. The molecule has 2 atom stereocenters. The van der Waals surface area contributed by atoms with Crippen LogP contribution in [-0.2, 0) is 4.79 Å². The van der Waals surface area contributed by atoms with Gasteiger partial charge in [-0.15, -0.1) is 11.8 Å². The van der Waals surface area contributed by atoms with Gasteiger partial charge in [0, 0.05) is 56.2 Å². The molecule has 7 nitrogen and oxygen atoms in total. The van der Waals surface area contributed by atoms with Crippen molar-refractivity contribution in [3.8, 4) is 0 Å². The minimum Gasteiger partial charge on any atom is -0.361 e. The first kappa shape index (κ1) is 26.1. The van der Waals surface area contributed by atoms with Crippen molar-refractivity contribution in [2.45, 2.75) is 51.4 Å². The Bertz CT molecular complexity index is 1050. The maximum atomic E-state index is 13.1. The first-order valence-corrected chi connectivity index (χ1v) is 13.6. The lowest BCUT2D eigenvalue weighted by Crippen LogP contribution is -2.49. The summed E-state index contributed by atoms with van der Waals surface area (Å²) in [7, 11) is 2.05. The van der Waals surface area contributed by atoms with Crippen LogP contribution in [0.1, 0.15) is 30.7 Å². The normalized spacial score (nSPS) is 21.5. The van der Waals surface area contributed by atoms with E-state index in [1.54, 1.807) is 17.8 Å². The van der Waals surface area contributed by atoms with Crippen LogP contribution in [0.3, 0.4) is 0 Å². The van der Waals surface area contributed by atoms with Crippen LogP contribution in [0.4, 0.5) is 17.2 Å². The second-order valence-electron chi connectivity index (χ2n) is 9.84. The number of rotatable bonds is 6. The van der Waals surface area contributed by atoms with Crippen molar-refractivity contribution in [1.29, 1.82) is 0 Å². The SMILES string of the molecule is Cc1cccc(Cl)c1NC(=O)C1CN(C)C(Nc2cc(N3CCN(C(C)C)CC3)nc(C)c2C)S1. The number of carbonyl (C=O) groups excluding carboxylic acids is 1. The third-order valence-electron chi connectivity index (χ3n) is 7.06. The summed E-state index contributed by atoms with van der Waals surface area (Å²) in [5.41, 5.74) is 4.90. The van der Waals surface area contributed by atoms with Crippen LogP contribution >= 0.6 is 23.4 Å². The van der Waals surface area contributed by atoms with Crippen LogP contribution < -0.4 is 15.5 Å². The number of pyridine rings is 1. The number of aromatic nitrogens is 1. The van der Waals surface area contributed by atoms with Gasteiger partial charge in [0.2, 0.25) is 5.91 Å². The van der Waals surface area contributed by atoms with Gasteiger partial charge in [0.15, 0.2) is 0 Å². The van der Waals surface area contributed by atoms with E-state index in [0.717, 1.165) is 54.5 Å². The number of anilines is 3. The minimum atomic E-state index is -0.194. The van der Waals surface area contributed by atoms with E-state index >= 15 is 0 Å². The lowest BCUT2D eigenvalue weighted by Gasteiger charge is -2.38. The molecule has 2 aliphatic rings. The van der Waals surface area contributed by atoms with Gasteiger partial charge in [-0.2, -0.15) is 0 Å². The Morgan fingerprint density at radius 3 is 2.54 bits per heavy atom. The zero-order valence-corrected chi connectivity index (χ0v) is 23.1. The van der Waals surface area contributed by atoms with E-state index in [-0.39, 0.29) is 16.7 Å². The predicted octanol–water partition coefficient (Wildman–Crippen LogP) is 4.57. The number of carbonyl (C=O) groups is 1. The zero-order chi connectivity index (χ0) is 25.3. The topological polar surface area (TPSA) is 63.7 Å². The molecule has 4 rings (SSSR count). The lowest BCUT2D eigenvalue weighted by atomic mass is 10.1. The smallest absolute Gasteiger partial charge is 0.238 e. The number of nitrogens with one attached hydrogen (secondary N) is 2. The molecule has 0 spiro atoms. The van der Waals surface area contributed by atoms with Crippen molar-refractivity contribution < 1.29 is 4.79 Å². The number of benzene rings is 1. The molecular weight excluding hydrogens is 480 g/mol. The molecular formula is C26H37ClN6OS. The molecule has 0 saturated carbocycles. The molecule has 2 N–H and O–H groups in total. The van der Waals surface area contributed by atoms with Gasteiger partial charge in [0.25, 0.3) is 0 Å². The summed E-state index contributed by atoms with van der Waals surface area (Å²) in [6.45, 7) is 15.4. The standard InChI is InChI=1S/C26H37ClN6OS/c1-16(2)32-10-12-33(13-11-32)23-14-21(18(4)19(5)28-23)29-26-31(6)15-22(35-26)25(34)30-24-17(3)8-7-9-20(24)27/h7-9,14,16,22,26H,10-13,15H2,1-6H3,(H,28,29)(H,30,34). The molecule has 0 aliphatic carbocycles. The van der Waals surface area contributed by atoms with Crippen molar-refractivity contribution >= 4 is 46.5 Å². The van der Waals surface area contributed by atoms with Gasteiger partial charge in [-0.25, -0.2) is 4.98 Å². The molecule has 2 fully saturated rings. The van der Waals surface area contributed by atoms with E-state index in [0.29, 0.717) is 23.3 Å². The Labute approximate surface area is 218 Å². The highest BCUT2D eigenvalue weighted by Crippen LogP contribution is 2.34. The number of nitrogens with zero attached hydrogens (tertiary/aromatic N) is 4. The molecule has 2 aromatic rings. The molecule has 190 valence electrons. The van der Waals surface area contributed by atoms with E-state index in [2.05, 4.69) is 59.1 Å². The monoisotopic (exact) mass is 516 g/mol. The zero-order valence-electron chi connectivity index (χ0n) is 21.6. The molecule has 2 unspecified atom stereocenters. The van der Waals surface area contributed by atoms with Crippen LogP contribution in [0.25, 0.3) is 0 Å². The summed E-state index contributed by atoms with van der Waals surface area (Å²) in [6.07, 6.45) is 0. The Hall–Kier alpha value is -2.00. The number of para-hydroxylation sites is 1. The number of hydrogen-bond acceptors (Lipinski definition) is 7. The van der Waals surface area contributed by atoms with Crippen molar-refractivity contribution in [2.75, 3.05) is 55.3 Å². The molecule has 0 radical (unpaired) electrons. The third-order valence-corrected chi connectivity index (χ3v) is 8.80. The Balaban J connectivity index is 1.44. The highest BCUT2D eigenvalue weighted by Gasteiger charge is 2.35. The van der Waals surface area contributed by atoms with Gasteiger partial charge in [-0.1, -0.05) is 23.7 Å². The van der Waals surface area contributed by atoms with Crippen molar-refractivity contribution in [3.05, 3.63) is 46.1 Å². The van der Waals surface area contributed by atoms with E-state index in [4.69, 9.17) is 16.6 Å². The number of thioether (sulfide) groups is 1. The van der Waals surface area contributed by atoms with Gasteiger partial charge in [0.05, 0.1) is 16.0 Å². The maximum absolute atomic E-state index is 13.1. The molecule has 1 aromatic heterocycles. The summed E-state index contributed by atoms with van der Waals surface area (Å²) in [5, 5.41) is 7.10. The molecule has 1 aromatic carbocycles. The van der Waals surface area contributed by atoms with E-state index in [9.17, 15) is 4.79 Å². The Kier molecular flexibility index (Phi) is 8.16. The summed E-state index contributed by atoms with van der Waals surface area (Å²) >= 11 is 7.95.